The Hall–Kier alpha value is -7.83. The molecule has 12 aromatic rings. The number of aromatic nitrogens is 5. The molecule has 0 fully saturated rings. The van der Waals surface area contributed by atoms with Gasteiger partial charge >= 0.3 is 0 Å². The van der Waals surface area contributed by atoms with E-state index >= 15 is 0 Å². The van der Waals surface area contributed by atoms with Gasteiger partial charge in [-0.2, -0.15) is 9.97 Å². The molecular weight excluding hydrogens is 699 g/mol. The molecule has 4 heterocycles. The monoisotopic (exact) mass is 729 g/mol. The number of hydrogen-bond donors (Lipinski definition) is 0. The Labute approximate surface area is 326 Å². The van der Waals surface area contributed by atoms with Crippen LogP contribution in [0.3, 0.4) is 0 Å². The van der Waals surface area contributed by atoms with Crippen molar-refractivity contribution in [2.75, 3.05) is 0 Å². The third kappa shape index (κ3) is 4.94. The molecule has 6 heteroatoms. The summed E-state index contributed by atoms with van der Waals surface area (Å²) in [4.78, 5) is 15.2. The van der Waals surface area contributed by atoms with Gasteiger partial charge in [0.1, 0.15) is 11.2 Å². The molecule has 0 amide bonds. The Balaban J connectivity index is 1.03. The van der Waals surface area contributed by atoms with Gasteiger partial charge in [0.25, 0.3) is 0 Å². The van der Waals surface area contributed by atoms with Crippen LogP contribution in [0.1, 0.15) is 0 Å². The highest BCUT2D eigenvalue weighted by molar-refractivity contribution is 6.13. The standard InChI is InChI=1S/C51H31N5O/c1-3-13-32(14-4-1)49-52-50(33-15-5-2-6-16-33)54-51(53-49)56-44-21-11-8-18-38(44)41-30-35(24-27-46(41)56)34-23-26-45-40(29-34)37-17-7-10-20-43(37)55(45)36-25-28-48-42(31-36)39-19-9-12-22-47(39)57-48/h1-31H. The van der Waals surface area contributed by atoms with Crippen LogP contribution in [0.15, 0.2) is 192 Å². The molecule has 0 unspecified atom stereocenters. The lowest BCUT2D eigenvalue weighted by atomic mass is 10.0. The number of para-hydroxylation sites is 3. The van der Waals surface area contributed by atoms with Crippen LogP contribution in [0.25, 0.3) is 111 Å². The maximum atomic E-state index is 6.17. The van der Waals surface area contributed by atoms with Crippen molar-refractivity contribution < 1.29 is 4.42 Å². The average Bonchev–Trinajstić information content (AvgIpc) is 3.94. The fourth-order valence-electron chi connectivity index (χ4n) is 8.55. The zero-order valence-corrected chi connectivity index (χ0v) is 30.5. The van der Waals surface area contributed by atoms with Crippen LogP contribution in [0, 0.1) is 0 Å². The third-order valence-corrected chi connectivity index (χ3v) is 11.2. The molecule has 0 aliphatic heterocycles. The summed E-state index contributed by atoms with van der Waals surface area (Å²) >= 11 is 0. The lowest BCUT2D eigenvalue weighted by Crippen LogP contribution is -2.06. The number of nitrogens with zero attached hydrogens (tertiary/aromatic N) is 5. The molecule has 8 aromatic carbocycles. The molecule has 0 saturated carbocycles. The molecule has 0 N–H and O–H groups in total. The molecule has 0 aliphatic rings. The van der Waals surface area contributed by atoms with Crippen LogP contribution in [-0.4, -0.2) is 24.1 Å². The summed E-state index contributed by atoms with van der Waals surface area (Å²) in [7, 11) is 0. The number of benzene rings is 8. The summed E-state index contributed by atoms with van der Waals surface area (Å²) < 4.78 is 10.7. The zero-order valence-electron chi connectivity index (χ0n) is 30.5. The summed E-state index contributed by atoms with van der Waals surface area (Å²) in [6.07, 6.45) is 0. The average molecular weight is 730 g/mol. The van der Waals surface area contributed by atoms with Gasteiger partial charge in [0.15, 0.2) is 11.6 Å². The lowest BCUT2D eigenvalue weighted by Gasteiger charge is -2.11. The van der Waals surface area contributed by atoms with Gasteiger partial charge in [-0.15, -0.1) is 0 Å². The Bertz CT molecular complexity index is 3470. The van der Waals surface area contributed by atoms with Crippen LogP contribution >= 0.6 is 0 Å². The molecule has 4 aromatic heterocycles. The van der Waals surface area contributed by atoms with E-state index in [1.165, 1.54) is 10.8 Å². The van der Waals surface area contributed by atoms with E-state index in [2.05, 4.69) is 124 Å². The van der Waals surface area contributed by atoms with Crippen molar-refractivity contribution in [2.24, 2.45) is 0 Å². The van der Waals surface area contributed by atoms with Crippen molar-refractivity contribution in [2.45, 2.75) is 0 Å². The van der Waals surface area contributed by atoms with Crippen molar-refractivity contribution in [1.29, 1.82) is 0 Å². The third-order valence-electron chi connectivity index (χ3n) is 11.2. The minimum absolute atomic E-state index is 0.581. The predicted octanol–water partition coefficient (Wildman–Crippen LogP) is 13.0. The summed E-state index contributed by atoms with van der Waals surface area (Å²) in [6, 6.07) is 65.7. The molecule has 57 heavy (non-hydrogen) atoms. The molecule has 0 atom stereocenters. The highest BCUT2D eigenvalue weighted by Gasteiger charge is 2.20. The molecule has 0 saturated heterocycles. The van der Waals surface area contributed by atoms with E-state index in [1.807, 2.05) is 72.8 Å². The topological polar surface area (TPSA) is 61.7 Å². The number of hydrogen-bond acceptors (Lipinski definition) is 4. The first-order chi connectivity index (χ1) is 28.2. The highest BCUT2D eigenvalue weighted by Crippen LogP contribution is 2.39. The first-order valence-electron chi connectivity index (χ1n) is 19.1. The minimum Gasteiger partial charge on any atom is -0.456 e. The Morgan fingerprint density at radius 1 is 0.316 bits per heavy atom. The second-order valence-electron chi connectivity index (χ2n) is 14.5. The number of rotatable bonds is 5. The van der Waals surface area contributed by atoms with Crippen molar-refractivity contribution in [3.05, 3.63) is 188 Å². The first kappa shape index (κ1) is 31.5. The summed E-state index contributed by atoms with van der Waals surface area (Å²) in [5.41, 5.74) is 11.5. The molecular formula is C51H31N5O. The maximum Gasteiger partial charge on any atom is 0.238 e. The molecule has 0 spiro atoms. The van der Waals surface area contributed by atoms with Gasteiger partial charge in [0, 0.05) is 49.1 Å². The Morgan fingerprint density at radius 3 is 1.44 bits per heavy atom. The van der Waals surface area contributed by atoms with E-state index in [-0.39, 0.29) is 0 Å². The smallest absolute Gasteiger partial charge is 0.238 e. The van der Waals surface area contributed by atoms with Gasteiger partial charge < -0.3 is 8.98 Å². The minimum atomic E-state index is 0.581. The SMILES string of the molecule is c1ccc(-c2nc(-c3ccccc3)nc(-n3c4ccccc4c4cc(-c5ccc6c(c5)c5ccccc5n6-c5ccc6oc7ccccc7c6c5)ccc43)n2)cc1. The quantitative estimate of drug-likeness (QED) is 0.177. The predicted molar refractivity (Wildman–Crippen MR) is 232 cm³/mol. The fourth-order valence-corrected chi connectivity index (χ4v) is 8.55. The van der Waals surface area contributed by atoms with E-state index in [9.17, 15) is 0 Å². The normalized spacial score (nSPS) is 11.9. The zero-order chi connectivity index (χ0) is 37.5. The summed E-state index contributed by atoms with van der Waals surface area (Å²) in [5, 5.41) is 6.92. The van der Waals surface area contributed by atoms with Crippen LogP contribution in [0.4, 0.5) is 0 Å². The van der Waals surface area contributed by atoms with E-state index in [1.54, 1.807) is 0 Å². The van der Waals surface area contributed by atoms with Gasteiger partial charge in [-0.1, -0.05) is 127 Å². The van der Waals surface area contributed by atoms with E-state index < -0.39 is 0 Å². The van der Waals surface area contributed by atoms with E-state index in [4.69, 9.17) is 19.4 Å². The largest absolute Gasteiger partial charge is 0.456 e. The lowest BCUT2D eigenvalue weighted by molar-refractivity contribution is 0.669. The summed E-state index contributed by atoms with van der Waals surface area (Å²) in [5.74, 6) is 1.84. The Morgan fingerprint density at radius 2 is 0.807 bits per heavy atom. The van der Waals surface area contributed by atoms with E-state index in [0.29, 0.717) is 17.6 Å². The maximum absolute atomic E-state index is 6.17. The van der Waals surface area contributed by atoms with Crippen molar-refractivity contribution in [3.8, 4) is 45.5 Å². The molecule has 266 valence electrons. The fraction of sp³-hybridized carbons (Fsp3) is 0. The summed E-state index contributed by atoms with van der Waals surface area (Å²) in [6.45, 7) is 0. The van der Waals surface area contributed by atoms with Gasteiger partial charge in [0.2, 0.25) is 5.95 Å². The van der Waals surface area contributed by atoms with Crippen molar-refractivity contribution in [3.63, 3.8) is 0 Å². The second kappa shape index (κ2) is 12.3. The molecule has 0 radical (unpaired) electrons. The van der Waals surface area contributed by atoms with E-state index in [0.717, 1.165) is 82.7 Å². The number of fused-ring (bicyclic) bond motifs is 9. The van der Waals surface area contributed by atoms with Gasteiger partial charge in [-0.25, -0.2) is 4.98 Å². The van der Waals surface area contributed by atoms with Gasteiger partial charge in [0.05, 0.1) is 22.1 Å². The van der Waals surface area contributed by atoms with Crippen LogP contribution in [0.2, 0.25) is 0 Å². The van der Waals surface area contributed by atoms with Crippen molar-refractivity contribution in [1.82, 2.24) is 24.1 Å². The molecule has 0 bridgehead atoms. The Kier molecular flexibility index (Phi) is 6.83. The van der Waals surface area contributed by atoms with Crippen LogP contribution in [0.5, 0.6) is 0 Å². The van der Waals surface area contributed by atoms with Gasteiger partial charge in [-0.05, 0) is 71.8 Å². The number of furan rings is 1. The second-order valence-corrected chi connectivity index (χ2v) is 14.5. The van der Waals surface area contributed by atoms with Crippen molar-refractivity contribution >= 4 is 65.6 Å². The highest BCUT2D eigenvalue weighted by atomic mass is 16.3. The first-order valence-corrected chi connectivity index (χ1v) is 19.1. The van der Waals surface area contributed by atoms with Gasteiger partial charge in [-0.3, -0.25) is 4.57 Å². The molecule has 0 aliphatic carbocycles. The molecule has 6 nitrogen and oxygen atoms in total. The molecule has 12 rings (SSSR count). The van der Waals surface area contributed by atoms with Crippen LogP contribution < -0.4 is 0 Å². The van der Waals surface area contributed by atoms with Crippen LogP contribution in [-0.2, 0) is 0 Å².